The summed E-state index contributed by atoms with van der Waals surface area (Å²) in [6.45, 7) is 5.65. The molecule has 0 saturated carbocycles. The summed E-state index contributed by atoms with van der Waals surface area (Å²) in [7, 11) is 0. The number of halogens is 2. The monoisotopic (exact) mass is 447 g/mol. The van der Waals surface area contributed by atoms with Crippen LogP contribution < -0.4 is 10.2 Å². The maximum atomic E-state index is 11.9. The van der Waals surface area contributed by atoms with E-state index < -0.39 is 0 Å². The van der Waals surface area contributed by atoms with Crippen molar-refractivity contribution in [2.45, 2.75) is 25.4 Å². The standard InChI is InChI=1S/C23H27Cl2N3O2/c24-18-7-5-9-20(23(18)25)28-13-11-27(12-14-28)10-3-4-15-30-21-16-22(29)26-19-8-2-1-6-17(19)21/h1-2,5-9,21H,3-4,10-16H2,(H,26,29). The SMILES string of the molecule is O=C1CC(OCCCCN2CCN(c3cccc(Cl)c3Cl)CC2)c2ccccc2N1. The lowest BCUT2D eigenvalue weighted by atomic mass is 10.00. The number of fused-ring (bicyclic) bond motifs is 1. The Bertz CT molecular complexity index is 885. The van der Waals surface area contributed by atoms with Gasteiger partial charge in [-0.3, -0.25) is 9.69 Å². The molecule has 0 spiro atoms. The number of hydrogen-bond donors (Lipinski definition) is 1. The zero-order valence-corrected chi connectivity index (χ0v) is 18.5. The van der Waals surface area contributed by atoms with Gasteiger partial charge in [-0.1, -0.05) is 47.5 Å². The van der Waals surface area contributed by atoms with E-state index in [1.807, 2.05) is 42.5 Å². The highest BCUT2D eigenvalue weighted by Crippen LogP contribution is 2.34. The predicted molar refractivity (Wildman–Crippen MR) is 123 cm³/mol. The third-order valence-corrected chi connectivity index (χ3v) is 6.59. The van der Waals surface area contributed by atoms with Crippen molar-refractivity contribution in [1.29, 1.82) is 0 Å². The van der Waals surface area contributed by atoms with Crippen LogP contribution in [0.25, 0.3) is 0 Å². The number of carbonyl (C=O) groups excluding carboxylic acids is 1. The highest BCUT2D eigenvalue weighted by atomic mass is 35.5. The number of hydrogen-bond acceptors (Lipinski definition) is 4. The summed E-state index contributed by atoms with van der Waals surface area (Å²) in [4.78, 5) is 16.7. The summed E-state index contributed by atoms with van der Waals surface area (Å²) in [6.07, 6.45) is 2.32. The van der Waals surface area contributed by atoms with E-state index in [9.17, 15) is 4.79 Å². The Kier molecular flexibility index (Phi) is 7.16. The molecule has 7 heteroatoms. The van der Waals surface area contributed by atoms with Gasteiger partial charge in [0.05, 0.1) is 28.3 Å². The number of benzene rings is 2. The Labute approximate surface area is 187 Å². The molecule has 2 aliphatic rings. The number of unbranched alkanes of at least 4 members (excludes halogenated alkanes) is 1. The first-order valence-electron chi connectivity index (χ1n) is 10.5. The van der Waals surface area contributed by atoms with E-state index in [-0.39, 0.29) is 12.0 Å². The van der Waals surface area contributed by atoms with Crippen molar-refractivity contribution in [3.05, 3.63) is 58.1 Å². The molecule has 1 amide bonds. The first kappa shape index (κ1) is 21.4. The minimum atomic E-state index is -0.138. The largest absolute Gasteiger partial charge is 0.373 e. The third kappa shape index (κ3) is 5.09. The molecule has 0 radical (unpaired) electrons. The molecule has 30 heavy (non-hydrogen) atoms. The summed E-state index contributed by atoms with van der Waals surface area (Å²) in [5, 5.41) is 4.16. The van der Waals surface area contributed by atoms with Crippen LogP contribution in [0.4, 0.5) is 11.4 Å². The van der Waals surface area contributed by atoms with Crippen LogP contribution >= 0.6 is 23.2 Å². The van der Waals surface area contributed by atoms with Gasteiger partial charge in [-0.2, -0.15) is 0 Å². The normalized spacial score (nSPS) is 19.5. The fourth-order valence-electron chi connectivity index (χ4n) is 4.13. The second-order valence-electron chi connectivity index (χ2n) is 7.81. The van der Waals surface area contributed by atoms with Crippen molar-refractivity contribution in [2.75, 3.05) is 49.5 Å². The van der Waals surface area contributed by atoms with Gasteiger partial charge in [-0.05, 0) is 37.6 Å². The Morgan fingerprint density at radius 1 is 1.00 bits per heavy atom. The molecular weight excluding hydrogens is 421 g/mol. The smallest absolute Gasteiger partial charge is 0.227 e. The van der Waals surface area contributed by atoms with Crippen LogP contribution in [0.5, 0.6) is 0 Å². The molecule has 0 aromatic heterocycles. The lowest BCUT2D eigenvalue weighted by Crippen LogP contribution is -2.46. The number of anilines is 2. The molecule has 2 heterocycles. The summed E-state index contributed by atoms with van der Waals surface area (Å²) in [5.74, 6) is 0.0244. The van der Waals surface area contributed by atoms with Crippen molar-refractivity contribution < 1.29 is 9.53 Å². The lowest BCUT2D eigenvalue weighted by molar-refractivity contribution is -0.119. The van der Waals surface area contributed by atoms with Crippen LogP contribution in [0.2, 0.25) is 10.0 Å². The highest BCUT2D eigenvalue weighted by Gasteiger charge is 2.25. The number of amides is 1. The molecule has 2 aliphatic heterocycles. The van der Waals surface area contributed by atoms with Crippen LogP contribution in [-0.4, -0.2) is 50.1 Å². The molecule has 5 nitrogen and oxygen atoms in total. The topological polar surface area (TPSA) is 44.8 Å². The Hall–Kier alpha value is -1.79. The quantitative estimate of drug-likeness (QED) is 0.606. The lowest BCUT2D eigenvalue weighted by Gasteiger charge is -2.36. The van der Waals surface area contributed by atoms with Crippen molar-refractivity contribution in [1.82, 2.24) is 4.90 Å². The molecule has 160 valence electrons. The van der Waals surface area contributed by atoms with Gasteiger partial charge in [0.2, 0.25) is 5.91 Å². The number of rotatable bonds is 7. The van der Waals surface area contributed by atoms with E-state index in [4.69, 9.17) is 27.9 Å². The molecule has 0 aliphatic carbocycles. The molecule has 1 atom stereocenters. The molecule has 1 N–H and O–H groups in total. The van der Waals surface area contributed by atoms with Crippen molar-refractivity contribution in [3.8, 4) is 0 Å². The van der Waals surface area contributed by atoms with E-state index in [0.717, 1.165) is 62.5 Å². The Morgan fingerprint density at radius 3 is 2.63 bits per heavy atom. The summed E-state index contributed by atoms with van der Waals surface area (Å²) in [6, 6.07) is 13.7. The minimum absolute atomic E-state index is 0.0244. The third-order valence-electron chi connectivity index (χ3n) is 5.78. The van der Waals surface area contributed by atoms with Gasteiger partial charge in [0.25, 0.3) is 0 Å². The van der Waals surface area contributed by atoms with Gasteiger partial charge >= 0.3 is 0 Å². The van der Waals surface area contributed by atoms with Gasteiger partial charge in [-0.15, -0.1) is 0 Å². The van der Waals surface area contributed by atoms with Crippen LogP contribution in [0.1, 0.15) is 30.9 Å². The van der Waals surface area contributed by atoms with Crippen molar-refractivity contribution >= 4 is 40.5 Å². The van der Waals surface area contributed by atoms with E-state index in [1.54, 1.807) is 0 Å². The average molecular weight is 448 g/mol. The van der Waals surface area contributed by atoms with E-state index >= 15 is 0 Å². The van der Waals surface area contributed by atoms with Crippen LogP contribution in [0.3, 0.4) is 0 Å². The van der Waals surface area contributed by atoms with E-state index in [2.05, 4.69) is 15.1 Å². The van der Waals surface area contributed by atoms with Crippen molar-refractivity contribution in [2.24, 2.45) is 0 Å². The summed E-state index contributed by atoms with van der Waals surface area (Å²) in [5.41, 5.74) is 2.97. The van der Waals surface area contributed by atoms with Crippen LogP contribution in [0.15, 0.2) is 42.5 Å². The fraction of sp³-hybridized carbons (Fsp3) is 0.435. The number of carbonyl (C=O) groups is 1. The summed E-state index contributed by atoms with van der Waals surface area (Å²) < 4.78 is 6.05. The maximum absolute atomic E-state index is 11.9. The number of nitrogens with one attached hydrogen (secondary N) is 1. The number of nitrogens with zero attached hydrogens (tertiary/aromatic N) is 2. The number of ether oxygens (including phenoxy) is 1. The maximum Gasteiger partial charge on any atom is 0.227 e. The van der Waals surface area contributed by atoms with E-state index in [0.29, 0.717) is 23.1 Å². The van der Waals surface area contributed by atoms with Crippen molar-refractivity contribution in [3.63, 3.8) is 0 Å². The van der Waals surface area contributed by atoms with Gasteiger partial charge in [0.1, 0.15) is 0 Å². The van der Waals surface area contributed by atoms with Gasteiger partial charge in [0, 0.05) is 44.0 Å². The molecule has 0 bridgehead atoms. The zero-order chi connectivity index (χ0) is 20.9. The average Bonchev–Trinajstić information content (AvgIpc) is 2.76. The Balaban J connectivity index is 1.17. The Morgan fingerprint density at radius 2 is 1.80 bits per heavy atom. The highest BCUT2D eigenvalue weighted by molar-refractivity contribution is 6.43. The first-order valence-corrected chi connectivity index (χ1v) is 11.3. The van der Waals surface area contributed by atoms with Gasteiger partial charge in [-0.25, -0.2) is 0 Å². The zero-order valence-electron chi connectivity index (χ0n) is 16.9. The molecular formula is C23H27Cl2N3O2. The van der Waals surface area contributed by atoms with Gasteiger partial charge in [0.15, 0.2) is 0 Å². The summed E-state index contributed by atoms with van der Waals surface area (Å²) >= 11 is 12.5. The second kappa shape index (κ2) is 10.0. The number of para-hydroxylation sites is 1. The minimum Gasteiger partial charge on any atom is -0.373 e. The molecule has 1 fully saturated rings. The van der Waals surface area contributed by atoms with Crippen LogP contribution in [-0.2, 0) is 9.53 Å². The molecule has 4 rings (SSSR count). The van der Waals surface area contributed by atoms with Crippen LogP contribution in [0, 0.1) is 0 Å². The predicted octanol–water partition coefficient (Wildman–Crippen LogP) is 5.00. The second-order valence-corrected chi connectivity index (χ2v) is 8.59. The molecule has 2 aromatic carbocycles. The molecule has 1 unspecified atom stereocenters. The number of piperazine rings is 1. The first-order chi connectivity index (χ1) is 14.6. The van der Waals surface area contributed by atoms with Gasteiger partial charge < -0.3 is 15.0 Å². The fourth-order valence-corrected chi connectivity index (χ4v) is 4.55. The molecule has 2 aromatic rings. The van der Waals surface area contributed by atoms with E-state index in [1.165, 1.54) is 0 Å². The molecule has 1 saturated heterocycles.